The smallest absolute Gasteiger partial charge is 0.306 e. The molecule has 0 radical (unpaired) electrons. The number of ether oxygens (including phenoxy) is 3. The number of hydrogen-bond acceptors (Lipinski definition) is 5. The van der Waals surface area contributed by atoms with Gasteiger partial charge in [0, 0.05) is 19.4 Å². The maximum atomic E-state index is 12.8. The summed E-state index contributed by atoms with van der Waals surface area (Å²) >= 11 is 0. The van der Waals surface area contributed by atoms with Crippen LogP contribution < -0.4 is 0 Å². The summed E-state index contributed by atoms with van der Waals surface area (Å²) in [5.74, 6) is -0.422. The number of allylic oxidation sites excluding steroid dienone is 10. The van der Waals surface area contributed by atoms with Crippen LogP contribution in [0, 0.1) is 0 Å². The molecular formula is C57H102O5. The van der Waals surface area contributed by atoms with Crippen LogP contribution in [0.4, 0.5) is 0 Å². The molecule has 0 N–H and O–H groups in total. The topological polar surface area (TPSA) is 61.8 Å². The molecule has 0 spiro atoms. The van der Waals surface area contributed by atoms with Crippen LogP contribution in [0.1, 0.15) is 265 Å². The number of rotatable bonds is 49. The summed E-state index contributed by atoms with van der Waals surface area (Å²) in [4.78, 5) is 25.4. The van der Waals surface area contributed by atoms with Crippen LogP contribution >= 0.6 is 0 Å². The van der Waals surface area contributed by atoms with Crippen molar-refractivity contribution >= 4 is 11.9 Å². The SMILES string of the molecule is CC/C=C\C/C=C\C/C=C\CCCCCCCC(=O)OCC(COCCCCCCCCCC/C=C\CCCCCCCC)OC(=O)CCCCCCC/C=C\CCCCCC. The molecule has 0 aromatic heterocycles. The number of carbonyl (C=O) groups is 2. The van der Waals surface area contributed by atoms with Gasteiger partial charge in [-0.25, -0.2) is 0 Å². The minimum atomic E-state index is -0.549. The Labute approximate surface area is 385 Å². The highest BCUT2D eigenvalue weighted by Gasteiger charge is 2.17. The lowest BCUT2D eigenvalue weighted by molar-refractivity contribution is -0.163. The van der Waals surface area contributed by atoms with Gasteiger partial charge >= 0.3 is 11.9 Å². The normalized spacial score (nSPS) is 12.6. The quantitative estimate of drug-likeness (QED) is 0.0346. The molecule has 0 aromatic rings. The summed E-state index contributed by atoms with van der Waals surface area (Å²) in [6.07, 6.45) is 66.6. The van der Waals surface area contributed by atoms with E-state index in [9.17, 15) is 9.59 Å². The van der Waals surface area contributed by atoms with E-state index in [0.29, 0.717) is 19.4 Å². The van der Waals surface area contributed by atoms with E-state index in [1.807, 2.05) is 0 Å². The van der Waals surface area contributed by atoms with Crippen molar-refractivity contribution in [3.8, 4) is 0 Å². The van der Waals surface area contributed by atoms with Gasteiger partial charge in [0.1, 0.15) is 6.61 Å². The van der Waals surface area contributed by atoms with E-state index in [-0.39, 0.29) is 25.2 Å². The van der Waals surface area contributed by atoms with Crippen LogP contribution in [0.2, 0.25) is 0 Å². The molecule has 0 fully saturated rings. The van der Waals surface area contributed by atoms with Gasteiger partial charge in [-0.2, -0.15) is 0 Å². The molecule has 0 amide bonds. The average Bonchev–Trinajstić information content (AvgIpc) is 3.27. The molecule has 360 valence electrons. The van der Waals surface area contributed by atoms with Crippen molar-refractivity contribution in [2.24, 2.45) is 0 Å². The first-order valence-corrected chi connectivity index (χ1v) is 26.8. The van der Waals surface area contributed by atoms with Gasteiger partial charge in [-0.05, 0) is 103 Å². The Hall–Kier alpha value is -2.40. The molecule has 1 atom stereocenters. The lowest BCUT2D eigenvalue weighted by Crippen LogP contribution is -2.30. The van der Waals surface area contributed by atoms with Crippen molar-refractivity contribution in [1.29, 1.82) is 0 Å². The zero-order valence-electron chi connectivity index (χ0n) is 41.4. The third-order valence-corrected chi connectivity index (χ3v) is 11.5. The molecule has 5 nitrogen and oxygen atoms in total. The third kappa shape index (κ3) is 50.2. The Morgan fingerprint density at radius 2 is 0.726 bits per heavy atom. The highest BCUT2D eigenvalue weighted by atomic mass is 16.6. The second-order valence-corrected chi connectivity index (χ2v) is 17.7. The Morgan fingerprint density at radius 1 is 0.371 bits per heavy atom. The summed E-state index contributed by atoms with van der Waals surface area (Å²) < 4.78 is 17.4. The minimum Gasteiger partial charge on any atom is -0.462 e. The van der Waals surface area contributed by atoms with Gasteiger partial charge < -0.3 is 14.2 Å². The van der Waals surface area contributed by atoms with Gasteiger partial charge in [0.25, 0.3) is 0 Å². The molecule has 0 heterocycles. The first-order chi connectivity index (χ1) is 30.6. The standard InChI is InChI=1S/C57H102O5/c1-4-7-10-13-16-19-22-25-27-28-29-31-34-37-40-43-46-49-52-60-53-55(62-57(59)51-48-45-42-39-36-32-24-21-18-15-12-9-6-3)54-61-56(58)50-47-44-41-38-35-33-30-26-23-20-17-14-11-8-5-2/h8,11,17,20-21,24-27,30,55H,4-7,9-10,12-16,18-19,22-23,28-29,31-54H2,1-3H3/b11-8-,20-17-,24-21-,27-25-,30-26-. The lowest BCUT2D eigenvalue weighted by atomic mass is 10.1. The first kappa shape index (κ1) is 59.6. The highest BCUT2D eigenvalue weighted by Crippen LogP contribution is 2.14. The van der Waals surface area contributed by atoms with E-state index in [0.717, 1.165) is 83.5 Å². The zero-order chi connectivity index (χ0) is 44.9. The van der Waals surface area contributed by atoms with Crippen LogP contribution in [0.3, 0.4) is 0 Å². The van der Waals surface area contributed by atoms with Crippen LogP contribution in [0.25, 0.3) is 0 Å². The van der Waals surface area contributed by atoms with E-state index in [1.54, 1.807) is 0 Å². The molecule has 1 unspecified atom stereocenters. The second kappa shape index (κ2) is 52.9. The molecule has 0 aliphatic heterocycles. The fourth-order valence-corrected chi connectivity index (χ4v) is 7.51. The largest absolute Gasteiger partial charge is 0.462 e. The molecule has 62 heavy (non-hydrogen) atoms. The zero-order valence-corrected chi connectivity index (χ0v) is 41.4. The number of unbranched alkanes of at least 4 members (excludes halogenated alkanes) is 28. The second-order valence-electron chi connectivity index (χ2n) is 17.7. The van der Waals surface area contributed by atoms with Crippen LogP contribution in [-0.4, -0.2) is 37.9 Å². The van der Waals surface area contributed by atoms with E-state index < -0.39 is 6.10 Å². The Kier molecular flexibility index (Phi) is 50.9. The van der Waals surface area contributed by atoms with Gasteiger partial charge in [0.05, 0.1) is 6.61 Å². The molecule has 0 aliphatic carbocycles. The van der Waals surface area contributed by atoms with E-state index in [4.69, 9.17) is 14.2 Å². The fraction of sp³-hybridized carbons (Fsp3) is 0.789. The predicted molar refractivity (Wildman–Crippen MR) is 270 cm³/mol. The van der Waals surface area contributed by atoms with Crippen molar-refractivity contribution in [2.45, 2.75) is 271 Å². The molecule has 5 heteroatoms. The van der Waals surface area contributed by atoms with E-state index in [2.05, 4.69) is 81.5 Å². The fourth-order valence-electron chi connectivity index (χ4n) is 7.51. The molecular weight excluding hydrogens is 765 g/mol. The van der Waals surface area contributed by atoms with Gasteiger partial charge in [-0.15, -0.1) is 0 Å². The number of esters is 2. The van der Waals surface area contributed by atoms with Crippen LogP contribution in [0.15, 0.2) is 60.8 Å². The Balaban J connectivity index is 4.28. The van der Waals surface area contributed by atoms with Gasteiger partial charge in [-0.3, -0.25) is 9.59 Å². The molecule has 0 saturated carbocycles. The summed E-state index contributed by atoms with van der Waals surface area (Å²) in [7, 11) is 0. The summed E-state index contributed by atoms with van der Waals surface area (Å²) in [6, 6.07) is 0. The summed E-state index contributed by atoms with van der Waals surface area (Å²) in [6.45, 7) is 7.69. The van der Waals surface area contributed by atoms with E-state index in [1.165, 1.54) is 148 Å². The monoisotopic (exact) mass is 867 g/mol. The van der Waals surface area contributed by atoms with Crippen LogP contribution in [-0.2, 0) is 23.8 Å². The minimum absolute atomic E-state index is 0.0720. The van der Waals surface area contributed by atoms with Crippen molar-refractivity contribution in [3.63, 3.8) is 0 Å². The molecule has 0 aliphatic rings. The molecule has 0 saturated heterocycles. The van der Waals surface area contributed by atoms with Gasteiger partial charge in [0.15, 0.2) is 6.10 Å². The van der Waals surface area contributed by atoms with Crippen molar-refractivity contribution in [1.82, 2.24) is 0 Å². The molecule has 0 bridgehead atoms. The first-order valence-electron chi connectivity index (χ1n) is 26.8. The average molecular weight is 867 g/mol. The Morgan fingerprint density at radius 3 is 1.19 bits per heavy atom. The van der Waals surface area contributed by atoms with Crippen molar-refractivity contribution in [2.75, 3.05) is 19.8 Å². The summed E-state index contributed by atoms with van der Waals surface area (Å²) in [5, 5.41) is 0. The highest BCUT2D eigenvalue weighted by molar-refractivity contribution is 5.70. The van der Waals surface area contributed by atoms with Crippen molar-refractivity contribution in [3.05, 3.63) is 60.8 Å². The predicted octanol–water partition coefficient (Wildman–Crippen LogP) is 18.1. The number of carbonyl (C=O) groups excluding carboxylic acids is 2. The van der Waals surface area contributed by atoms with Crippen molar-refractivity contribution < 1.29 is 23.8 Å². The van der Waals surface area contributed by atoms with Gasteiger partial charge in [0.2, 0.25) is 0 Å². The number of hydrogen-bond donors (Lipinski definition) is 0. The Bertz CT molecular complexity index is 1070. The van der Waals surface area contributed by atoms with Gasteiger partial charge in [-0.1, -0.05) is 210 Å². The lowest BCUT2D eigenvalue weighted by Gasteiger charge is -2.18. The molecule has 0 aromatic carbocycles. The van der Waals surface area contributed by atoms with E-state index >= 15 is 0 Å². The maximum absolute atomic E-state index is 12.8. The maximum Gasteiger partial charge on any atom is 0.306 e. The third-order valence-electron chi connectivity index (χ3n) is 11.5. The molecule has 0 rings (SSSR count). The van der Waals surface area contributed by atoms with Crippen LogP contribution in [0.5, 0.6) is 0 Å². The summed E-state index contributed by atoms with van der Waals surface area (Å²) in [5.41, 5.74) is 0.